The van der Waals surface area contributed by atoms with Crippen molar-refractivity contribution in [1.29, 1.82) is 0 Å². The van der Waals surface area contributed by atoms with E-state index in [9.17, 15) is 4.79 Å². The van der Waals surface area contributed by atoms with Gasteiger partial charge in [-0.05, 0) is 35.8 Å². The van der Waals surface area contributed by atoms with Gasteiger partial charge in [0.25, 0.3) is 5.91 Å². The summed E-state index contributed by atoms with van der Waals surface area (Å²) in [6.45, 7) is 0. The number of fused-ring (bicyclic) bond motifs is 2. The van der Waals surface area contributed by atoms with Crippen molar-refractivity contribution in [2.24, 2.45) is 0 Å². The molecule has 2 N–H and O–H groups in total. The minimum Gasteiger partial charge on any atom is -0.356 e. The maximum Gasteiger partial charge on any atom is 0.268 e. The van der Waals surface area contributed by atoms with E-state index in [1.54, 1.807) is 0 Å². The van der Waals surface area contributed by atoms with E-state index < -0.39 is 0 Å². The van der Waals surface area contributed by atoms with E-state index >= 15 is 0 Å². The Hall–Kier alpha value is -2.55. The Morgan fingerprint density at radius 2 is 1.91 bits per heavy atom. The molecule has 1 amide bonds. The number of amides is 1. The third-order valence-corrected chi connectivity index (χ3v) is 4.50. The molecule has 1 aliphatic rings. The molecule has 1 aromatic heterocycles. The monoisotopic (exact) mass is 290 g/mol. The van der Waals surface area contributed by atoms with Gasteiger partial charge in [0.2, 0.25) is 0 Å². The molecule has 22 heavy (non-hydrogen) atoms. The fourth-order valence-corrected chi connectivity index (χ4v) is 3.40. The van der Waals surface area contributed by atoms with Gasteiger partial charge in [-0.25, -0.2) is 0 Å². The Morgan fingerprint density at radius 1 is 1.09 bits per heavy atom. The summed E-state index contributed by atoms with van der Waals surface area (Å²) in [6, 6.07) is 16.5. The zero-order valence-electron chi connectivity index (χ0n) is 12.3. The number of carbonyl (C=O) groups excluding carboxylic acids is 1. The van der Waals surface area contributed by atoms with E-state index in [0.717, 1.165) is 30.0 Å². The van der Waals surface area contributed by atoms with E-state index in [0.29, 0.717) is 5.69 Å². The molecule has 2 aromatic carbocycles. The molecule has 3 nitrogen and oxygen atoms in total. The lowest BCUT2D eigenvalue weighted by Crippen LogP contribution is -2.31. The summed E-state index contributed by atoms with van der Waals surface area (Å²) in [5.41, 5.74) is 3.27. The van der Waals surface area contributed by atoms with Crippen molar-refractivity contribution in [1.82, 2.24) is 10.3 Å². The number of hydrogen-bond donors (Lipinski definition) is 2. The second-order valence-corrected chi connectivity index (χ2v) is 5.87. The van der Waals surface area contributed by atoms with Crippen LogP contribution in [-0.4, -0.2) is 10.9 Å². The second-order valence-electron chi connectivity index (χ2n) is 5.87. The highest BCUT2D eigenvalue weighted by atomic mass is 16.1. The molecular formula is C19H18N2O. The van der Waals surface area contributed by atoms with Gasteiger partial charge in [0.05, 0.1) is 6.04 Å². The first-order chi connectivity index (χ1) is 10.8. The summed E-state index contributed by atoms with van der Waals surface area (Å²) < 4.78 is 0. The number of aryl methyl sites for hydroxylation is 1. The van der Waals surface area contributed by atoms with Crippen molar-refractivity contribution in [2.75, 3.05) is 0 Å². The molecule has 110 valence electrons. The number of aromatic nitrogens is 1. The quantitative estimate of drug-likeness (QED) is 0.737. The molecule has 0 bridgehead atoms. The maximum atomic E-state index is 12.7. The van der Waals surface area contributed by atoms with Crippen molar-refractivity contribution < 1.29 is 4.79 Å². The highest BCUT2D eigenvalue weighted by Gasteiger charge is 2.22. The summed E-state index contributed by atoms with van der Waals surface area (Å²) in [6.07, 6.45) is 5.11. The van der Waals surface area contributed by atoms with E-state index in [2.05, 4.69) is 28.5 Å². The molecule has 1 unspecified atom stereocenters. The SMILES string of the molecule is O=C(NC1CCCc2ccccc21)c1[nH]cc2ccccc12. The summed E-state index contributed by atoms with van der Waals surface area (Å²) in [7, 11) is 0. The van der Waals surface area contributed by atoms with E-state index in [1.165, 1.54) is 11.1 Å². The average molecular weight is 290 g/mol. The molecule has 0 spiro atoms. The van der Waals surface area contributed by atoms with Crippen LogP contribution in [0.15, 0.2) is 54.7 Å². The minimum absolute atomic E-state index is 0.0251. The number of carbonyl (C=O) groups is 1. The van der Waals surface area contributed by atoms with Gasteiger partial charge in [0.15, 0.2) is 0 Å². The number of benzene rings is 2. The number of rotatable bonds is 2. The van der Waals surface area contributed by atoms with Crippen LogP contribution in [-0.2, 0) is 6.42 Å². The van der Waals surface area contributed by atoms with Crippen molar-refractivity contribution in [3.8, 4) is 0 Å². The molecule has 0 aliphatic heterocycles. The lowest BCUT2D eigenvalue weighted by molar-refractivity contribution is 0.0930. The zero-order chi connectivity index (χ0) is 14.9. The van der Waals surface area contributed by atoms with Crippen molar-refractivity contribution >= 4 is 16.7 Å². The fraction of sp³-hybridized carbons (Fsp3) is 0.211. The summed E-state index contributed by atoms with van der Waals surface area (Å²) in [5, 5.41) is 5.24. The minimum atomic E-state index is -0.0251. The normalized spacial score (nSPS) is 17.2. The summed E-state index contributed by atoms with van der Waals surface area (Å²) >= 11 is 0. The largest absolute Gasteiger partial charge is 0.356 e. The summed E-state index contributed by atoms with van der Waals surface area (Å²) in [5.74, 6) is -0.0251. The van der Waals surface area contributed by atoms with Crippen LogP contribution < -0.4 is 5.32 Å². The third kappa shape index (κ3) is 2.19. The van der Waals surface area contributed by atoms with Gasteiger partial charge >= 0.3 is 0 Å². The Bertz CT molecular complexity index is 834. The first-order valence-electron chi connectivity index (χ1n) is 7.78. The Morgan fingerprint density at radius 3 is 2.86 bits per heavy atom. The van der Waals surface area contributed by atoms with Crippen LogP contribution in [0.3, 0.4) is 0 Å². The maximum absolute atomic E-state index is 12.7. The molecule has 0 fully saturated rings. The van der Waals surface area contributed by atoms with Crippen LogP contribution in [0.2, 0.25) is 0 Å². The van der Waals surface area contributed by atoms with Crippen molar-refractivity contribution in [3.05, 3.63) is 71.5 Å². The van der Waals surface area contributed by atoms with Gasteiger partial charge in [-0.2, -0.15) is 0 Å². The lowest BCUT2D eigenvalue weighted by atomic mass is 9.87. The van der Waals surface area contributed by atoms with Gasteiger partial charge < -0.3 is 10.3 Å². The van der Waals surface area contributed by atoms with E-state index in [4.69, 9.17) is 0 Å². The molecule has 3 aromatic rings. The molecule has 1 heterocycles. The first kappa shape index (κ1) is 13.1. The van der Waals surface area contributed by atoms with E-state index in [-0.39, 0.29) is 11.9 Å². The average Bonchev–Trinajstić information content (AvgIpc) is 2.99. The van der Waals surface area contributed by atoms with Crippen LogP contribution in [0.25, 0.3) is 10.8 Å². The third-order valence-electron chi connectivity index (χ3n) is 4.50. The van der Waals surface area contributed by atoms with Crippen molar-refractivity contribution in [2.45, 2.75) is 25.3 Å². The molecule has 4 rings (SSSR count). The van der Waals surface area contributed by atoms with Crippen LogP contribution in [0.5, 0.6) is 0 Å². The van der Waals surface area contributed by atoms with Crippen LogP contribution in [0, 0.1) is 0 Å². The van der Waals surface area contributed by atoms with Gasteiger partial charge in [0.1, 0.15) is 5.69 Å². The molecule has 1 atom stereocenters. The van der Waals surface area contributed by atoms with Crippen LogP contribution >= 0.6 is 0 Å². The highest BCUT2D eigenvalue weighted by molar-refractivity contribution is 6.06. The molecule has 0 radical (unpaired) electrons. The standard InChI is InChI=1S/C19H18N2O/c22-19(18-16-10-4-2-7-14(16)12-20-18)21-17-11-5-8-13-6-1-3-9-15(13)17/h1-4,6-7,9-10,12,17,20H,5,8,11H2,(H,21,22). The highest BCUT2D eigenvalue weighted by Crippen LogP contribution is 2.30. The molecule has 0 saturated carbocycles. The lowest BCUT2D eigenvalue weighted by Gasteiger charge is -2.26. The molecule has 0 saturated heterocycles. The Labute approximate surface area is 129 Å². The van der Waals surface area contributed by atoms with Gasteiger partial charge in [0, 0.05) is 11.6 Å². The van der Waals surface area contributed by atoms with Gasteiger partial charge in [-0.15, -0.1) is 0 Å². The fourth-order valence-electron chi connectivity index (χ4n) is 3.40. The Balaban J connectivity index is 1.63. The topological polar surface area (TPSA) is 44.9 Å². The smallest absolute Gasteiger partial charge is 0.268 e. The van der Waals surface area contributed by atoms with E-state index in [1.807, 2.05) is 36.5 Å². The van der Waals surface area contributed by atoms with Gasteiger partial charge in [-0.3, -0.25) is 4.79 Å². The number of aromatic amines is 1. The first-order valence-corrected chi connectivity index (χ1v) is 7.78. The number of H-pyrrole nitrogens is 1. The summed E-state index contributed by atoms with van der Waals surface area (Å²) in [4.78, 5) is 15.8. The van der Waals surface area contributed by atoms with Gasteiger partial charge in [-0.1, -0.05) is 48.5 Å². The van der Waals surface area contributed by atoms with Crippen LogP contribution in [0.1, 0.15) is 40.5 Å². The second kappa shape index (κ2) is 5.34. The zero-order valence-corrected chi connectivity index (χ0v) is 12.3. The predicted molar refractivity (Wildman–Crippen MR) is 87.9 cm³/mol. The van der Waals surface area contributed by atoms with Crippen molar-refractivity contribution in [3.63, 3.8) is 0 Å². The number of nitrogens with one attached hydrogen (secondary N) is 2. The predicted octanol–water partition coefficient (Wildman–Crippen LogP) is 3.98. The molecule has 1 aliphatic carbocycles. The van der Waals surface area contributed by atoms with Crippen LogP contribution in [0.4, 0.5) is 0 Å². The molecular weight excluding hydrogens is 272 g/mol. The molecule has 3 heteroatoms. The Kier molecular flexibility index (Phi) is 3.19. The number of hydrogen-bond acceptors (Lipinski definition) is 1.